The number of esters is 1. The highest BCUT2D eigenvalue weighted by atomic mass is 35.5. The Hall–Kier alpha value is -4.93. The summed E-state index contributed by atoms with van der Waals surface area (Å²) >= 11 is 7.59. The molecule has 6 rings (SSSR count). The number of halogens is 1. The van der Waals surface area contributed by atoms with E-state index in [9.17, 15) is 14.4 Å². The first kappa shape index (κ1) is 29.2. The number of carbonyl (C=O) groups is 2. The molecule has 1 aliphatic rings. The Bertz CT molecular complexity index is 2150. The van der Waals surface area contributed by atoms with Gasteiger partial charge in [0, 0.05) is 38.9 Å². The predicted octanol–water partition coefficient (Wildman–Crippen LogP) is 4.66. The second-order valence-corrected chi connectivity index (χ2v) is 11.5. The van der Waals surface area contributed by atoms with Gasteiger partial charge in [-0.25, -0.2) is 9.79 Å². The lowest BCUT2D eigenvalue weighted by Crippen LogP contribution is -2.40. The standard InChI is InChI=1S/C33H27ClN4O5S/c1-19-29(32(41)43-3)30(24-16-21(34)13-14-26(24)42-2)38-31(40)27(44-33(38)35-19)15-20-17-37(25-12-8-7-11-23(20)25)18-28(39)36-22-9-5-4-6-10-22/h4-17,30H,18H2,1-3H3,(H,36,39)/b27-15-/t30-/m1/s1. The molecule has 0 radical (unpaired) electrons. The van der Waals surface area contributed by atoms with E-state index >= 15 is 0 Å². The van der Waals surface area contributed by atoms with Crippen LogP contribution in [0.2, 0.25) is 5.02 Å². The highest BCUT2D eigenvalue weighted by molar-refractivity contribution is 7.07. The van der Waals surface area contributed by atoms with Crippen molar-refractivity contribution >= 4 is 57.5 Å². The van der Waals surface area contributed by atoms with Gasteiger partial charge in [-0.3, -0.25) is 14.2 Å². The van der Waals surface area contributed by atoms with Crippen molar-refractivity contribution in [2.24, 2.45) is 4.99 Å². The van der Waals surface area contributed by atoms with Gasteiger partial charge in [0.2, 0.25) is 5.91 Å². The molecule has 3 aromatic carbocycles. The van der Waals surface area contributed by atoms with Crippen molar-refractivity contribution in [2.75, 3.05) is 19.5 Å². The number of fused-ring (bicyclic) bond motifs is 2. The molecule has 3 heterocycles. The Labute approximate surface area is 260 Å². The predicted molar refractivity (Wildman–Crippen MR) is 171 cm³/mol. The number of para-hydroxylation sites is 2. The number of benzene rings is 3. The normalized spacial score (nSPS) is 14.7. The van der Waals surface area contributed by atoms with Gasteiger partial charge in [0.25, 0.3) is 5.56 Å². The minimum absolute atomic E-state index is 0.0841. The molecular weight excluding hydrogens is 600 g/mol. The van der Waals surface area contributed by atoms with Crippen LogP contribution in [0.15, 0.2) is 100 Å². The third-order valence-electron chi connectivity index (χ3n) is 7.39. The number of methoxy groups -OCH3 is 2. The van der Waals surface area contributed by atoms with E-state index in [-0.39, 0.29) is 23.6 Å². The Morgan fingerprint density at radius 2 is 1.82 bits per heavy atom. The van der Waals surface area contributed by atoms with Crippen molar-refractivity contribution in [3.8, 4) is 5.75 Å². The molecule has 0 bridgehead atoms. The van der Waals surface area contributed by atoms with E-state index in [1.54, 1.807) is 31.2 Å². The third kappa shape index (κ3) is 5.34. The Morgan fingerprint density at radius 3 is 2.57 bits per heavy atom. The van der Waals surface area contributed by atoms with Crippen LogP contribution in [0, 0.1) is 0 Å². The fraction of sp³-hybridized carbons (Fsp3) is 0.152. The van der Waals surface area contributed by atoms with Crippen LogP contribution >= 0.6 is 22.9 Å². The Kier molecular flexibility index (Phi) is 7.94. The minimum Gasteiger partial charge on any atom is -0.496 e. The zero-order valence-electron chi connectivity index (χ0n) is 24.0. The van der Waals surface area contributed by atoms with Gasteiger partial charge in [0.15, 0.2) is 4.80 Å². The van der Waals surface area contributed by atoms with Crippen LogP contribution in [0.1, 0.15) is 24.1 Å². The van der Waals surface area contributed by atoms with E-state index in [1.165, 1.54) is 30.1 Å². The quantitative estimate of drug-likeness (QED) is 0.265. The average molecular weight is 627 g/mol. The fourth-order valence-electron chi connectivity index (χ4n) is 5.44. The smallest absolute Gasteiger partial charge is 0.338 e. The van der Waals surface area contributed by atoms with E-state index in [2.05, 4.69) is 10.3 Å². The summed E-state index contributed by atoms with van der Waals surface area (Å²) in [5.74, 6) is -0.324. The number of nitrogens with one attached hydrogen (secondary N) is 1. The Balaban J connectivity index is 1.48. The van der Waals surface area contributed by atoms with Crippen LogP contribution in [0.3, 0.4) is 0 Å². The van der Waals surface area contributed by atoms with Gasteiger partial charge in [0.1, 0.15) is 18.3 Å². The van der Waals surface area contributed by atoms with Crippen molar-refractivity contribution in [1.82, 2.24) is 9.13 Å². The molecule has 0 saturated heterocycles. The van der Waals surface area contributed by atoms with Gasteiger partial charge < -0.3 is 19.4 Å². The van der Waals surface area contributed by atoms with Crippen molar-refractivity contribution in [2.45, 2.75) is 19.5 Å². The maximum atomic E-state index is 14.1. The van der Waals surface area contributed by atoms with Crippen molar-refractivity contribution in [3.63, 3.8) is 0 Å². The fourth-order valence-corrected chi connectivity index (χ4v) is 6.66. The lowest BCUT2D eigenvalue weighted by atomic mass is 9.95. The maximum Gasteiger partial charge on any atom is 0.338 e. The number of rotatable bonds is 7. The number of ether oxygens (including phenoxy) is 2. The molecule has 1 N–H and O–H groups in total. The number of amides is 1. The number of nitrogens with zero attached hydrogens (tertiary/aromatic N) is 3. The van der Waals surface area contributed by atoms with E-state index in [0.717, 1.165) is 16.5 Å². The van der Waals surface area contributed by atoms with E-state index in [4.69, 9.17) is 21.1 Å². The molecule has 0 aliphatic carbocycles. The molecule has 0 unspecified atom stereocenters. The van der Waals surface area contributed by atoms with Crippen LogP contribution in [0.4, 0.5) is 5.69 Å². The molecule has 11 heteroatoms. The summed E-state index contributed by atoms with van der Waals surface area (Å²) in [6.07, 6.45) is 3.65. The molecule has 1 aliphatic heterocycles. The van der Waals surface area contributed by atoms with Gasteiger partial charge in [-0.1, -0.05) is 59.3 Å². The van der Waals surface area contributed by atoms with Crippen LogP contribution < -0.4 is 24.9 Å². The number of thiazole rings is 1. The summed E-state index contributed by atoms with van der Waals surface area (Å²) in [7, 11) is 2.80. The highest BCUT2D eigenvalue weighted by Gasteiger charge is 2.35. The monoisotopic (exact) mass is 626 g/mol. The zero-order chi connectivity index (χ0) is 31.0. The first-order valence-electron chi connectivity index (χ1n) is 13.7. The van der Waals surface area contributed by atoms with Gasteiger partial charge in [-0.2, -0.15) is 0 Å². The van der Waals surface area contributed by atoms with Gasteiger partial charge in [-0.15, -0.1) is 0 Å². The van der Waals surface area contributed by atoms with Crippen molar-refractivity contribution < 1.29 is 19.1 Å². The summed E-state index contributed by atoms with van der Waals surface area (Å²) in [5, 5.41) is 4.22. The molecule has 1 amide bonds. The topological polar surface area (TPSA) is 104 Å². The number of hydrogen-bond donors (Lipinski definition) is 1. The lowest BCUT2D eigenvalue weighted by Gasteiger charge is -2.25. The molecule has 1 atom stereocenters. The first-order valence-corrected chi connectivity index (χ1v) is 14.9. The molecule has 0 fully saturated rings. The lowest BCUT2D eigenvalue weighted by molar-refractivity contribution is -0.136. The summed E-state index contributed by atoms with van der Waals surface area (Å²) in [6.45, 7) is 1.79. The molecule has 9 nitrogen and oxygen atoms in total. The van der Waals surface area contributed by atoms with Gasteiger partial charge >= 0.3 is 5.97 Å². The number of allylic oxidation sites excluding steroid dienone is 1. The number of carbonyl (C=O) groups excluding carboxylic acids is 2. The largest absolute Gasteiger partial charge is 0.496 e. The van der Waals surface area contributed by atoms with Crippen LogP contribution in [0.5, 0.6) is 5.75 Å². The number of anilines is 1. The first-order chi connectivity index (χ1) is 21.3. The molecule has 0 saturated carbocycles. The summed E-state index contributed by atoms with van der Waals surface area (Å²) < 4.78 is 14.5. The molecule has 0 spiro atoms. The molecule has 222 valence electrons. The van der Waals surface area contributed by atoms with E-state index in [0.29, 0.717) is 37.1 Å². The number of hydrogen-bond acceptors (Lipinski definition) is 7. The number of aromatic nitrogens is 2. The van der Waals surface area contributed by atoms with Crippen LogP contribution in [-0.2, 0) is 20.9 Å². The van der Waals surface area contributed by atoms with Gasteiger partial charge in [0.05, 0.1) is 30.0 Å². The zero-order valence-corrected chi connectivity index (χ0v) is 25.6. The maximum absolute atomic E-state index is 14.1. The summed E-state index contributed by atoms with van der Waals surface area (Å²) in [4.78, 5) is 45.1. The highest BCUT2D eigenvalue weighted by Crippen LogP contribution is 2.37. The summed E-state index contributed by atoms with van der Waals surface area (Å²) in [5.41, 5.74) is 3.16. The molecular formula is C33H27ClN4O5S. The molecule has 44 heavy (non-hydrogen) atoms. The summed E-state index contributed by atoms with van der Waals surface area (Å²) in [6, 6.07) is 21.1. The second-order valence-electron chi connectivity index (χ2n) is 10.1. The SMILES string of the molecule is COC(=O)C1=C(C)N=c2s/c(=C\c3cn(CC(=O)Nc4ccccc4)c4ccccc34)c(=O)n2[C@@H]1c1cc(Cl)ccc1OC. The van der Waals surface area contributed by atoms with Crippen LogP contribution in [0.25, 0.3) is 17.0 Å². The molecule has 2 aromatic heterocycles. The van der Waals surface area contributed by atoms with E-state index < -0.39 is 12.0 Å². The van der Waals surface area contributed by atoms with Gasteiger partial charge in [-0.05, 0) is 49.4 Å². The minimum atomic E-state index is -0.877. The second kappa shape index (κ2) is 12.0. The van der Waals surface area contributed by atoms with Crippen LogP contribution in [-0.4, -0.2) is 35.2 Å². The molecule has 5 aromatic rings. The third-order valence-corrected chi connectivity index (χ3v) is 8.61. The van der Waals surface area contributed by atoms with Crippen molar-refractivity contribution in [1.29, 1.82) is 0 Å². The van der Waals surface area contributed by atoms with Crippen molar-refractivity contribution in [3.05, 3.63) is 126 Å². The van der Waals surface area contributed by atoms with E-state index in [1.807, 2.05) is 65.4 Å². The Morgan fingerprint density at radius 1 is 1.07 bits per heavy atom. The average Bonchev–Trinajstić information content (AvgIpc) is 3.52.